The molecule has 140 valence electrons. The molecule has 1 saturated heterocycles. The van der Waals surface area contributed by atoms with Gasteiger partial charge < -0.3 is 14.4 Å². The summed E-state index contributed by atoms with van der Waals surface area (Å²) in [7, 11) is 0. The first-order valence-corrected chi connectivity index (χ1v) is 8.55. The zero-order valence-electron chi connectivity index (χ0n) is 15.4. The zero-order valence-corrected chi connectivity index (χ0v) is 15.4. The topological polar surface area (TPSA) is 81.9 Å². The number of nitrogens with zero attached hydrogens (tertiary/aromatic N) is 2. The molecule has 0 unspecified atom stereocenters. The molecule has 0 N–H and O–H groups in total. The van der Waals surface area contributed by atoms with E-state index in [1.165, 1.54) is 18.2 Å². The highest BCUT2D eigenvalue weighted by atomic mass is 16.6. The second-order valence-electron chi connectivity index (χ2n) is 7.30. The molecule has 1 aliphatic rings. The van der Waals surface area contributed by atoms with Crippen LogP contribution in [0.2, 0.25) is 0 Å². The Bertz CT molecular complexity index is 710. The number of carbonyl (C=O) groups is 1. The molecule has 1 heterocycles. The van der Waals surface area contributed by atoms with Crippen LogP contribution in [0, 0.1) is 28.4 Å². The van der Waals surface area contributed by atoms with Gasteiger partial charge in [0.25, 0.3) is 5.69 Å². The van der Waals surface area contributed by atoms with Gasteiger partial charge in [-0.3, -0.25) is 10.1 Å². The van der Waals surface area contributed by atoms with Crippen LogP contribution in [0.3, 0.4) is 0 Å². The molecule has 0 radical (unpaired) electrons. The minimum atomic E-state index is -0.501. The van der Waals surface area contributed by atoms with Gasteiger partial charge in [0, 0.05) is 25.2 Å². The van der Waals surface area contributed by atoms with Crippen molar-refractivity contribution in [3.05, 3.63) is 33.9 Å². The number of nitro benzene ring substituents is 1. The summed E-state index contributed by atoms with van der Waals surface area (Å²) in [5.74, 6) is 3.18. The molecule has 0 aromatic heterocycles. The molecule has 1 amide bonds. The smallest absolute Gasteiger partial charge is 0.410 e. The Labute approximate surface area is 153 Å². The molecule has 1 aromatic carbocycles. The van der Waals surface area contributed by atoms with Crippen molar-refractivity contribution in [3.8, 4) is 18.1 Å². The lowest BCUT2D eigenvalue weighted by molar-refractivity contribution is -0.384. The molecule has 2 rings (SSSR count). The second kappa shape index (κ2) is 8.09. The van der Waals surface area contributed by atoms with Crippen LogP contribution in [0.25, 0.3) is 0 Å². The van der Waals surface area contributed by atoms with E-state index in [1.807, 2.05) is 20.8 Å². The van der Waals surface area contributed by atoms with Crippen LogP contribution in [0.15, 0.2) is 18.2 Å². The molecule has 0 aliphatic carbocycles. The third-order valence-electron chi connectivity index (χ3n) is 4.07. The molecule has 1 aromatic rings. The average Bonchev–Trinajstić information content (AvgIpc) is 2.58. The van der Waals surface area contributed by atoms with E-state index in [9.17, 15) is 14.9 Å². The number of hydrogen-bond donors (Lipinski definition) is 0. The number of ether oxygens (including phenoxy) is 2. The van der Waals surface area contributed by atoms with Crippen molar-refractivity contribution < 1.29 is 19.2 Å². The minimum absolute atomic E-state index is 0.0593. The summed E-state index contributed by atoms with van der Waals surface area (Å²) < 4.78 is 11.2. The van der Waals surface area contributed by atoms with E-state index in [0.717, 1.165) is 12.8 Å². The van der Waals surface area contributed by atoms with Gasteiger partial charge in [-0.15, -0.1) is 6.42 Å². The molecule has 7 heteroatoms. The molecular weight excluding hydrogens is 336 g/mol. The third kappa shape index (κ3) is 5.38. The number of terminal acetylenes is 1. The highest BCUT2D eigenvalue weighted by Crippen LogP contribution is 2.26. The Kier molecular flexibility index (Phi) is 6.09. The van der Waals surface area contributed by atoms with Crippen LogP contribution >= 0.6 is 0 Å². The fourth-order valence-electron chi connectivity index (χ4n) is 2.69. The van der Waals surface area contributed by atoms with E-state index in [1.54, 1.807) is 4.90 Å². The number of piperidine rings is 1. The molecule has 26 heavy (non-hydrogen) atoms. The Morgan fingerprint density at radius 2 is 2.04 bits per heavy atom. The zero-order chi connectivity index (χ0) is 19.3. The predicted molar refractivity (Wildman–Crippen MR) is 97.1 cm³/mol. The number of likely N-dealkylation sites (tertiary alicyclic amines) is 1. The van der Waals surface area contributed by atoms with Crippen molar-refractivity contribution in [2.45, 2.75) is 39.2 Å². The Hall–Kier alpha value is -2.75. The van der Waals surface area contributed by atoms with Crippen LogP contribution in [0.1, 0.15) is 39.2 Å². The number of hydrogen-bond acceptors (Lipinski definition) is 5. The lowest BCUT2D eigenvalue weighted by atomic mass is 9.98. The predicted octanol–water partition coefficient (Wildman–Crippen LogP) is 3.60. The van der Waals surface area contributed by atoms with Gasteiger partial charge in [-0.2, -0.15) is 0 Å². The van der Waals surface area contributed by atoms with Crippen LogP contribution < -0.4 is 4.74 Å². The summed E-state index contributed by atoms with van der Waals surface area (Å²) in [6.07, 6.45) is 6.74. The summed E-state index contributed by atoms with van der Waals surface area (Å²) in [4.78, 5) is 24.1. The Morgan fingerprint density at radius 1 is 1.38 bits per heavy atom. The van der Waals surface area contributed by atoms with E-state index >= 15 is 0 Å². The molecule has 0 atom stereocenters. The number of non-ortho nitro benzene ring substituents is 1. The van der Waals surface area contributed by atoms with Gasteiger partial charge in [0.2, 0.25) is 0 Å². The minimum Gasteiger partial charge on any atom is -0.492 e. The fraction of sp³-hybridized carbons (Fsp3) is 0.526. The molecule has 0 saturated carbocycles. The lowest BCUT2D eigenvalue weighted by Crippen LogP contribution is -2.42. The van der Waals surface area contributed by atoms with Crippen molar-refractivity contribution in [1.82, 2.24) is 4.90 Å². The Morgan fingerprint density at radius 3 is 2.58 bits per heavy atom. The maximum absolute atomic E-state index is 12.1. The van der Waals surface area contributed by atoms with Gasteiger partial charge in [-0.05, 0) is 45.6 Å². The highest BCUT2D eigenvalue weighted by Gasteiger charge is 2.27. The van der Waals surface area contributed by atoms with Crippen molar-refractivity contribution in [2.24, 2.45) is 5.92 Å². The van der Waals surface area contributed by atoms with Gasteiger partial charge in [0.1, 0.15) is 11.4 Å². The van der Waals surface area contributed by atoms with E-state index in [0.29, 0.717) is 31.0 Å². The Balaban J connectivity index is 1.86. The molecule has 1 aliphatic heterocycles. The molecular formula is C19H24N2O5. The molecule has 1 fully saturated rings. The maximum Gasteiger partial charge on any atom is 0.410 e. The lowest BCUT2D eigenvalue weighted by Gasteiger charge is -2.33. The highest BCUT2D eigenvalue weighted by molar-refractivity contribution is 5.68. The van der Waals surface area contributed by atoms with Crippen molar-refractivity contribution >= 4 is 11.8 Å². The summed E-state index contributed by atoms with van der Waals surface area (Å²) in [5, 5.41) is 10.8. The SMILES string of the molecule is C#Cc1cc([N+](=O)[O-])ccc1OCC1CCN(C(=O)OC(C)(C)C)CC1. The van der Waals surface area contributed by atoms with E-state index in [4.69, 9.17) is 15.9 Å². The standard InChI is InChI=1S/C19H24N2O5/c1-5-15-12-16(21(23)24)6-7-17(15)25-13-14-8-10-20(11-9-14)18(22)26-19(2,3)4/h1,6-7,12,14H,8-11,13H2,2-4H3. The van der Waals surface area contributed by atoms with Crippen LogP contribution in [0.4, 0.5) is 10.5 Å². The normalized spacial score (nSPS) is 15.2. The first-order valence-electron chi connectivity index (χ1n) is 8.55. The molecule has 0 spiro atoms. The number of rotatable bonds is 4. The van der Waals surface area contributed by atoms with E-state index < -0.39 is 10.5 Å². The average molecular weight is 360 g/mol. The van der Waals surface area contributed by atoms with Crippen molar-refractivity contribution in [3.63, 3.8) is 0 Å². The first-order chi connectivity index (χ1) is 12.2. The maximum atomic E-state index is 12.1. The quantitative estimate of drug-likeness (QED) is 0.465. The number of carbonyl (C=O) groups excluding carboxylic acids is 1. The van der Waals surface area contributed by atoms with Crippen LogP contribution in [-0.2, 0) is 4.74 Å². The van der Waals surface area contributed by atoms with Gasteiger partial charge in [0.15, 0.2) is 0 Å². The molecule has 7 nitrogen and oxygen atoms in total. The van der Waals surface area contributed by atoms with Gasteiger partial charge in [-0.1, -0.05) is 5.92 Å². The van der Waals surface area contributed by atoms with Crippen molar-refractivity contribution in [1.29, 1.82) is 0 Å². The fourth-order valence-corrected chi connectivity index (χ4v) is 2.69. The van der Waals surface area contributed by atoms with E-state index in [2.05, 4.69) is 5.92 Å². The largest absolute Gasteiger partial charge is 0.492 e. The monoisotopic (exact) mass is 360 g/mol. The van der Waals surface area contributed by atoms with E-state index in [-0.39, 0.29) is 17.7 Å². The first kappa shape index (κ1) is 19.6. The van der Waals surface area contributed by atoms with Gasteiger partial charge >= 0.3 is 6.09 Å². The third-order valence-corrected chi connectivity index (χ3v) is 4.07. The number of benzene rings is 1. The van der Waals surface area contributed by atoms with Gasteiger partial charge in [0.05, 0.1) is 17.1 Å². The van der Waals surface area contributed by atoms with Crippen molar-refractivity contribution in [2.75, 3.05) is 19.7 Å². The van der Waals surface area contributed by atoms with Crippen LogP contribution in [0.5, 0.6) is 5.75 Å². The van der Waals surface area contributed by atoms with Gasteiger partial charge in [-0.25, -0.2) is 4.79 Å². The summed E-state index contributed by atoms with van der Waals surface area (Å²) in [6.45, 7) is 7.22. The van der Waals surface area contributed by atoms with Crippen LogP contribution in [-0.4, -0.2) is 41.2 Å². The second-order valence-corrected chi connectivity index (χ2v) is 7.30. The number of amides is 1. The summed E-state index contributed by atoms with van der Waals surface area (Å²) in [6, 6.07) is 4.24. The molecule has 0 bridgehead atoms. The number of nitro groups is 1. The summed E-state index contributed by atoms with van der Waals surface area (Å²) >= 11 is 0. The summed E-state index contributed by atoms with van der Waals surface area (Å²) in [5.41, 5.74) is -0.195.